The lowest BCUT2D eigenvalue weighted by atomic mass is 9.95. The van der Waals surface area contributed by atoms with Crippen LogP contribution >= 0.6 is 12.6 Å². The lowest BCUT2D eigenvalue weighted by Gasteiger charge is -2.25. The fraction of sp³-hybridized carbons (Fsp3) is 0.452. The van der Waals surface area contributed by atoms with Gasteiger partial charge >= 0.3 is 0 Å². The van der Waals surface area contributed by atoms with Crippen molar-refractivity contribution in [3.05, 3.63) is 96.0 Å². The number of nitrogens with zero attached hydrogens (tertiary/aromatic N) is 2. The molecule has 0 spiro atoms. The normalized spacial score (nSPS) is 14.3. The van der Waals surface area contributed by atoms with Crippen molar-refractivity contribution in [1.29, 1.82) is 0 Å². The second kappa shape index (κ2) is 18.1. The summed E-state index contributed by atoms with van der Waals surface area (Å²) in [5.41, 5.74) is 4.41. The highest BCUT2D eigenvalue weighted by atomic mass is 32.1. The minimum atomic E-state index is -0.417. The smallest absolute Gasteiger partial charge is 0.213 e. The van der Waals surface area contributed by atoms with Crippen molar-refractivity contribution in [2.45, 2.75) is 70.9 Å². The van der Waals surface area contributed by atoms with E-state index in [9.17, 15) is 4.39 Å². The Morgan fingerprint density at radius 1 is 1.06 bits per heavy atom. The number of benzene rings is 1. The molecule has 1 aliphatic carbocycles. The molecule has 2 aromatic rings. The number of aromatic nitrogens is 1. The van der Waals surface area contributed by atoms with Gasteiger partial charge in [-0.25, -0.2) is 4.98 Å². The van der Waals surface area contributed by atoms with Gasteiger partial charge in [-0.05, 0) is 79.9 Å². The third-order valence-corrected chi connectivity index (χ3v) is 6.87. The Balaban J connectivity index is 0.00000106. The van der Waals surface area contributed by atoms with Gasteiger partial charge < -0.3 is 5.32 Å². The molecule has 1 saturated carbocycles. The van der Waals surface area contributed by atoms with E-state index in [1.807, 2.05) is 11.5 Å². The molecule has 0 unspecified atom stereocenters. The van der Waals surface area contributed by atoms with E-state index in [2.05, 4.69) is 72.2 Å². The summed E-state index contributed by atoms with van der Waals surface area (Å²) in [5.74, 6) is -0.417. The fourth-order valence-electron chi connectivity index (χ4n) is 4.60. The third kappa shape index (κ3) is 11.7. The lowest BCUT2D eigenvalue weighted by molar-refractivity contribution is 0.285. The first kappa shape index (κ1) is 30.0. The SMILES string of the molecule is C=CC=C.Cc1ccccc1/C(=C\S)CN(CCCCCNC1CCCCC1)Cc1cccc(F)n1. The summed E-state index contributed by atoms with van der Waals surface area (Å²) in [6.07, 6.45) is 13.6. The first-order valence-corrected chi connectivity index (χ1v) is 13.8. The number of pyridine rings is 1. The van der Waals surface area contributed by atoms with Crippen LogP contribution in [0.4, 0.5) is 4.39 Å². The van der Waals surface area contributed by atoms with E-state index in [1.54, 1.807) is 18.2 Å². The summed E-state index contributed by atoms with van der Waals surface area (Å²) >= 11 is 4.51. The first-order chi connectivity index (χ1) is 17.6. The summed E-state index contributed by atoms with van der Waals surface area (Å²) in [7, 11) is 0. The molecule has 1 aromatic carbocycles. The van der Waals surface area contributed by atoms with Crippen LogP contribution in [0.5, 0.6) is 0 Å². The molecular formula is C31H44FN3S. The Morgan fingerprint density at radius 3 is 2.47 bits per heavy atom. The van der Waals surface area contributed by atoms with Crippen molar-refractivity contribution in [2.75, 3.05) is 19.6 Å². The summed E-state index contributed by atoms with van der Waals surface area (Å²) in [6, 6.07) is 14.2. The maximum atomic E-state index is 13.6. The van der Waals surface area contributed by atoms with Gasteiger partial charge in [0.25, 0.3) is 0 Å². The number of rotatable bonds is 13. The van der Waals surface area contributed by atoms with Crippen molar-refractivity contribution in [3.63, 3.8) is 0 Å². The van der Waals surface area contributed by atoms with Crippen LogP contribution in [0, 0.1) is 12.9 Å². The van der Waals surface area contributed by atoms with Gasteiger partial charge in [0.05, 0.1) is 5.69 Å². The molecule has 1 aromatic heterocycles. The number of nitrogens with one attached hydrogen (secondary N) is 1. The summed E-state index contributed by atoms with van der Waals surface area (Å²) in [5, 5.41) is 5.65. The number of unbranched alkanes of at least 4 members (excludes halogenated alkanes) is 2. The molecule has 36 heavy (non-hydrogen) atoms. The van der Waals surface area contributed by atoms with Gasteiger partial charge in [-0.3, -0.25) is 4.90 Å². The minimum Gasteiger partial charge on any atom is -0.314 e. The summed E-state index contributed by atoms with van der Waals surface area (Å²) < 4.78 is 13.6. The van der Waals surface area contributed by atoms with Crippen molar-refractivity contribution in [1.82, 2.24) is 15.2 Å². The molecule has 3 nitrogen and oxygen atoms in total. The van der Waals surface area contributed by atoms with Gasteiger partial charge in [0.15, 0.2) is 0 Å². The predicted molar refractivity (Wildman–Crippen MR) is 157 cm³/mol. The topological polar surface area (TPSA) is 28.2 Å². The van der Waals surface area contributed by atoms with Gasteiger partial charge in [0.1, 0.15) is 0 Å². The molecule has 0 atom stereocenters. The standard InChI is InChI=1S/C27H38FN3S.C4H6/c1-22-11-6-7-15-26(22)23(21-32)19-31(20-25-14-10-16-27(28)30-25)18-9-3-8-17-29-24-12-4-2-5-13-24;1-3-4-2/h6-7,10-11,14-16,21,24,29,32H,2-5,8-9,12-13,17-20H2,1H3;3-4H,1-2H2/b23-21-;. The summed E-state index contributed by atoms with van der Waals surface area (Å²) in [6.45, 7) is 12.3. The van der Waals surface area contributed by atoms with Crippen LogP contribution < -0.4 is 5.32 Å². The van der Waals surface area contributed by atoms with Crippen molar-refractivity contribution >= 4 is 18.2 Å². The van der Waals surface area contributed by atoms with Gasteiger partial charge in [0.2, 0.25) is 5.95 Å². The maximum Gasteiger partial charge on any atom is 0.213 e. The largest absolute Gasteiger partial charge is 0.314 e. The van der Waals surface area contributed by atoms with E-state index < -0.39 is 5.95 Å². The Bertz CT molecular complexity index is 931. The predicted octanol–water partition coefficient (Wildman–Crippen LogP) is 7.75. The molecular weight excluding hydrogens is 465 g/mol. The van der Waals surface area contributed by atoms with Gasteiger partial charge in [-0.1, -0.05) is 81.3 Å². The molecule has 1 N–H and O–H groups in total. The van der Waals surface area contributed by atoms with Crippen molar-refractivity contribution < 1.29 is 4.39 Å². The van der Waals surface area contributed by atoms with Crippen LogP contribution in [0.15, 0.2) is 73.2 Å². The van der Waals surface area contributed by atoms with E-state index in [1.165, 1.54) is 67.7 Å². The fourth-order valence-corrected chi connectivity index (χ4v) is 4.82. The van der Waals surface area contributed by atoms with Gasteiger partial charge in [-0.15, -0.1) is 0 Å². The molecule has 0 saturated heterocycles. The molecule has 0 amide bonds. The maximum absolute atomic E-state index is 13.6. The van der Waals surface area contributed by atoms with E-state index >= 15 is 0 Å². The van der Waals surface area contributed by atoms with E-state index in [-0.39, 0.29) is 0 Å². The molecule has 5 heteroatoms. The Morgan fingerprint density at radius 2 is 1.81 bits per heavy atom. The Kier molecular flexibility index (Phi) is 15.1. The number of thiol groups is 1. The van der Waals surface area contributed by atoms with Crippen molar-refractivity contribution in [3.8, 4) is 0 Å². The molecule has 0 aliphatic heterocycles. The number of halogens is 1. The number of aryl methyl sites for hydroxylation is 1. The zero-order valence-electron chi connectivity index (χ0n) is 22.0. The molecule has 1 heterocycles. The zero-order chi connectivity index (χ0) is 26.0. The molecule has 1 aliphatic rings. The van der Waals surface area contributed by atoms with Gasteiger partial charge in [0, 0.05) is 19.1 Å². The molecule has 196 valence electrons. The zero-order valence-corrected chi connectivity index (χ0v) is 22.9. The molecule has 1 fully saturated rings. The van der Waals surface area contributed by atoms with Crippen LogP contribution in [-0.4, -0.2) is 35.6 Å². The second-order valence-corrected chi connectivity index (χ2v) is 9.71. The molecule has 3 rings (SSSR count). The monoisotopic (exact) mass is 509 g/mol. The van der Waals surface area contributed by atoms with Crippen molar-refractivity contribution in [2.24, 2.45) is 0 Å². The highest BCUT2D eigenvalue weighted by Crippen LogP contribution is 2.22. The Hall–Kier alpha value is -2.21. The number of hydrogen-bond acceptors (Lipinski definition) is 4. The molecule has 0 radical (unpaired) electrons. The van der Waals surface area contributed by atoms with E-state index in [4.69, 9.17) is 0 Å². The first-order valence-electron chi connectivity index (χ1n) is 13.3. The van der Waals surface area contributed by atoms with Crippen LogP contribution in [0.3, 0.4) is 0 Å². The van der Waals surface area contributed by atoms with Gasteiger partial charge in [-0.2, -0.15) is 17.0 Å². The highest BCUT2D eigenvalue weighted by Gasteiger charge is 2.14. The molecule has 0 bridgehead atoms. The summed E-state index contributed by atoms with van der Waals surface area (Å²) in [4.78, 5) is 6.45. The van der Waals surface area contributed by atoms with Crippen LogP contribution in [0.2, 0.25) is 0 Å². The quantitative estimate of drug-likeness (QED) is 0.125. The third-order valence-electron chi connectivity index (χ3n) is 6.56. The highest BCUT2D eigenvalue weighted by molar-refractivity contribution is 7.83. The van der Waals surface area contributed by atoms with Crippen LogP contribution in [0.25, 0.3) is 5.57 Å². The number of allylic oxidation sites excluding steroid dienone is 2. The average Bonchev–Trinajstić information content (AvgIpc) is 2.90. The van der Waals surface area contributed by atoms with E-state index in [0.717, 1.165) is 37.8 Å². The van der Waals surface area contributed by atoms with Crippen LogP contribution in [-0.2, 0) is 6.54 Å². The number of hydrogen-bond donors (Lipinski definition) is 2. The average molecular weight is 510 g/mol. The van der Waals surface area contributed by atoms with Crippen LogP contribution in [0.1, 0.15) is 68.2 Å². The Labute approximate surface area is 224 Å². The second-order valence-electron chi connectivity index (χ2n) is 9.45. The minimum absolute atomic E-state index is 0.417. The van der Waals surface area contributed by atoms with E-state index in [0.29, 0.717) is 6.54 Å². The lowest BCUT2D eigenvalue weighted by Crippen LogP contribution is -2.31.